The van der Waals surface area contributed by atoms with Gasteiger partial charge in [0.2, 0.25) is 11.6 Å². The van der Waals surface area contributed by atoms with Crippen LogP contribution in [0.5, 0.6) is 0 Å². The lowest BCUT2D eigenvalue weighted by molar-refractivity contribution is -0.750. The molecule has 1 aromatic heterocycles. The van der Waals surface area contributed by atoms with Gasteiger partial charge in [0.1, 0.15) is 17.7 Å². The molecule has 6 rings (SSSR count). The lowest BCUT2D eigenvalue weighted by Gasteiger charge is -2.35. The summed E-state index contributed by atoms with van der Waals surface area (Å²) >= 11 is 6.67. The normalized spacial score (nSPS) is 26.3. The molecule has 2 fully saturated rings. The highest BCUT2D eigenvalue weighted by Gasteiger charge is 2.51. The Balaban J connectivity index is 1.28. The molecule has 0 spiro atoms. The van der Waals surface area contributed by atoms with Gasteiger partial charge in [0.15, 0.2) is 0 Å². The second-order valence-corrected chi connectivity index (χ2v) is 12.0. The van der Waals surface area contributed by atoms with Gasteiger partial charge in [0.05, 0.1) is 28.6 Å². The summed E-state index contributed by atoms with van der Waals surface area (Å²) in [5, 5.41) is 2.56. The number of quaternary nitrogens is 1. The van der Waals surface area contributed by atoms with E-state index in [1.807, 2.05) is 18.7 Å². The molecule has 5 heterocycles. The number of amidine groups is 1. The minimum absolute atomic E-state index is 0.0469. The van der Waals surface area contributed by atoms with Crippen molar-refractivity contribution in [3.8, 4) is 0 Å². The van der Waals surface area contributed by atoms with Crippen molar-refractivity contribution in [2.75, 3.05) is 11.9 Å². The standard InChI is InChI=1S/C29H27ClF3N7O2/c1-28(2)13-19-5-3-17(15-39(19)27(28)42)24-22-14-35-9-10-40(22,34)25(38-24)20-6-4-16(11-21(20)30)26(41)37-23-12-18(7-8-36-23)29(31,32)33/h4,6-12,14,17,19H,3,5,13,15,34H2,1-2H3/p+1/t17-,19+,40?/m1/s1. The summed E-state index contributed by atoms with van der Waals surface area (Å²) < 4.78 is 38.9. The van der Waals surface area contributed by atoms with Gasteiger partial charge < -0.3 is 10.2 Å². The lowest BCUT2D eigenvalue weighted by atomic mass is 9.86. The fourth-order valence-corrected chi connectivity index (χ4v) is 6.43. The number of benzene rings is 1. The van der Waals surface area contributed by atoms with Crippen LogP contribution in [0.1, 0.15) is 54.6 Å². The average molecular weight is 599 g/mol. The zero-order valence-corrected chi connectivity index (χ0v) is 23.6. The first-order valence-corrected chi connectivity index (χ1v) is 13.8. The third kappa shape index (κ3) is 4.73. The van der Waals surface area contributed by atoms with Gasteiger partial charge >= 0.3 is 6.18 Å². The zero-order valence-electron chi connectivity index (χ0n) is 22.8. The number of hydrogen-bond acceptors (Lipinski definition) is 6. The van der Waals surface area contributed by atoms with Crippen LogP contribution in [0.3, 0.4) is 0 Å². The first-order valence-electron chi connectivity index (χ1n) is 13.5. The molecule has 0 saturated carbocycles. The van der Waals surface area contributed by atoms with Crippen LogP contribution in [0.2, 0.25) is 5.02 Å². The quantitative estimate of drug-likeness (QED) is 0.369. The maximum atomic E-state index is 13.1. The van der Waals surface area contributed by atoms with Crippen molar-refractivity contribution >= 4 is 41.3 Å². The molecule has 4 aliphatic heterocycles. The van der Waals surface area contributed by atoms with Gasteiger partial charge in [0, 0.05) is 35.7 Å². The third-order valence-corrected chi connectivity index (χ3v) is 8.61. The fraction of sp³-hybridized carbons (Fsp3) is 0.345. The first-order chi connectivity index (χ1) is 19.8. The van der Waals surface area contributed by atoms with E-state index >= 15 is 0 Å². The number of aromatic nitrogens is 1. The van der Waals surface area contributed by atoms with Gasteiger partial charge in [-0.15, -0.1) is 4.59 Å². The van der Waals surface area contributed by atoms with Gasteiger partial charge in [-0.25, -0.2) is 4.98 Å². The van der Waals surface area contributed by atoms with Crippen molar-refractivity contribution in [1.82, 2.24) is 9.88 Å². The van der Waals surface area contributed by atoms with Crippen molar-refractivity contribution in [3.63, 3.8) is 0 Å². The van der Waals surface area contributed by atoms with Crippen LogP contribution in [0.25, 0.3) is 0 Å². The topological polar surface area (TPSA) is 113 Å². The highest BCUT2D eigenvalue weighted by molar-refractivity contribution is 6.34. The zero-order chi connectivity index (χ0) is 30.0. The number of aliphatic imine (C=N–C) groups is 2. The number of fused-ring (bicyclic) bond motifs is 2. The highest BCUT2D eigenvalue weighted by Crippen LogP contribution is 2.45. The van der Waals surface area contributed by atoms with Gasteiger partial charge in [0.25, 0.3) is 11.7 Å². The number of nitrogens with zero attached hydrogens (tertiary/aromatic N) is 5. The van der Waals surface area contributed by atoms with Gasteiger partial charge in [-0.2, -0.15) is 24.0 Å². The Morgan fingerprint density at radius 2 is 2.00 bits per heavy atom. The largest absolute Gasteiger partial charge is 0.416 e. The van der Waals surface area contributed by atoms with Crippen LogP contribution in [0.4, 0.5) is 19.0 Å². The van der Waals surface area contributed by atoms with E-state index in [4.69, 9.17) is 22.4 Å². The van der Waals surface area contributed by atoms with Gasteiger partial charge in [-0.05, 0) is 49.6 Å². The van der Waals surface area contributed by atoms with Crippen LogP contribution in [-0.2, 0) is 11.0 Å². The molecule has 1 aromatic carbocycles. The number of nitrogens with two attached hydrogens (primary N) is 1. The van der Waals surface area contributed by atoms with Crippen LogP contribution in [0, 0.1) is 11.3 Å². The summed E-state index contributed by atoms with van der Waals surface area (Å²) in [7, 11) is 0. The second-order valence-electron chi connectivity index (χ2n) is 11.6. The Labute approximate surface area is 244 Å². The molecular weight excluding hydrogens is 571 g/mol. The van der Waals surface area contributed by atoms with Gasteiger partial charge in [-0.3, -0.25) is 14.6 Å². The molecule has 2 saturated heterocycles. The molecule has 3 atom stereocenters. The smallest absolute Gasteiger partial charge is 0.339 e. The Bertz CT molecular complexity index is 1630. The Morgan fingerprint density at radius 1 is 1.21 bits per heavy atom. The maximum Gasteiger partial charge on any atom is 0.416 e. The van der Waals surface area contributed by atoms with Gasteiger partial charge in [-0.1, -0.05) is 25.4 Å². The maximum absolute atomic E-state index is 13.1. The van der Waals surface area contributed by atoms with Crippen molar-refractivity contribution in [1.29, 1.82) is 0 Å². The second kappa shape index (κ2) is 9.85. The lowest BCUT2D eigenvalue weighted by Crippen LogP contribution is -2.53. The van der Waals surface area contributed by atoms with Crippen molar-refractivity contribution < 1.29 is 27.4 Å². The fourth-order valence-electron chi connectivity index (χ4n) is 6.17. The monoisotopic (exact) mass is 598 g/mol. The summed E-state index contributed by atoms with van der Waals surface area (Å²) in [4.78, 5) is 41.0. The summed E-state index contributed by atoms with van der Waals surface area (Å²) in [5.41, 5.74) is 0.694. The number of alkyl halides is 3. The molecule has 0 bridgehead atoms. The number of rotatable bonds is 4. The van der Waals surface area contributed by atoms with E-state index in [0.29, 0.717) is 23.6 Å². The number of hydrogen-bond donors (Lipinski definition) is 2. The van der Waals surface area contributed by atoms with E-state index in [-0.39, 0.29) is 44.3 Å². The molecule has 4 aliphatic rings. The van der Waals surface area contributed by atoms with E-state index in [1.165, 1.54) is 12.1 Å². The minimum atomic E-state index is -4.57. The number of halogens is 4. The molecule has 9 nitrogen and oxygen atoms in total. The SMILES string of the molecule is CC1(C)C[C@@H]2CC[C@@H](C3=C4C=NC=C[N+]4(N)C(c4ccc(C(=O)Nc5cc(C(F)(F)F)ccn5)cc4Cl)=N3)CN2C1=O. The number of carbonyl (C=O) groups excluding carboxylic acids is 2. The molecule has 42 heavy (non-hydrogen) atoms. The average Bonchev–Trinajstić information content (AvgIpc) is 3.37. The van der Waals surface area contributed by atoms with E-state index in [2.05, 4.69) is 15.3 Å². The predicted octanol–water partition coefficient (Wildman–Crippen LogP) is 5.26. The molecule has 0 radical (unpaired) electrons. The molecule has 13 heteroatoms. The minimum Gasteiger partial charge on any atom is -0.339 e. The molecule has 0 aliphatic carbocycles. The van der Waals surface area contributed by atoms with Crippen molar-refractivity contribution in [2.24, 2.45) is 27.2 Å². The van der Waals surface area contributed by atoms with E-state index in [0.717, 1.165) is 43.3 Å². The molecule has 218 valence electrons. The third-order valence-electron chi connectivity index (χ3n) is 8.30. The number of piperidine rings is 1. The molecule has 1 unspecified atom stereocenters. The van der Waals surface area contributed by atoms with E-state index in [9.17, 15) is 22.8 Å². The number of allylic oxidation sites excluding steroid dienone is 1. The van der Waals surface area contributed by atoms with E-state index in [1.54, 1.807) is 24.7 Å². The number of nitrogens with one attached hydrogen (secondary N) is 1. The van der Waals surface area contributed by atoms with Crippen LogP contribution >= 0.6 is 11.6 Å². The molecular formula is C29H28ClF3N7O2+. The van der Waals surface area contributed by atoms with Crippen LogP contribution < -0.4 is 11.2 Å². The summed E-state index contributed by atoms with van der Waals surface area (Å²) in [6, 6.07) is 6.30. The molecule has 2 amide bonds. The Morgan fingerprint density at radius 3 is 2.74 bits per heavy atom. The van der Waals surface area contributed by atoms with E-state index < -0.39 is 17.6 Å². The van der Waals surface area contributed by atoms with Crippen molar-refractivity contribution in [3.05, 3.63) is 82.0 Å². The molecule has 2 aromatic rings. The van der Waals surface area contributed by atoms with Crippen LogP contribution in [0.15, 0.2) is 70.3 Å². The Hall–Kier alpha value is -3.87. The number of amides is 2. The number of pyridine rings is 1. The summed E-state index contributed by atoms with van der Waals surface area (Å²) in [6.07, 6.45) is 3.87. The van der Waals surface area contributed by atoms with Crippen LogP contribution in [-0.4, -0.2) is 50.9 Å². The predicted molar refractivity (Wildman–Crippen MR) is 151 cm³/mol. The summed E-state index contributed by atoms with van der Waals surface area (Å²) in [5.74, 6) is 6.49. The number of carbonyl (C=O) groups is 2. The highest BCUT2D eigenvalue weighted by atomic mass is 35.5. The van der Waals surface area contributed by atoms with Crippen molar-refractivity contribution in [2.45, 2.75) is 45.3 Å². The number of anilines is 1. The summed E-state index contributed by atoms with van der Waals surface area (Å²) in [6.45, 7) is 4.51. The first kappa shape index (κ1) is 28.3. The Kier molecular flexibility index (Phi) is 6.63. The molecule has 3 N–H and O–H groups in total.